The number of benzene rings is 2. The molecule has 2 aliphatic rings. The molecule has 2 aromatic carbocycles. The second kappa shape index (κ2) is 8.99. The molecule has 1 saturated heterocycles. The smallest absolute Gasteiger partial charge is 0.263 e. The summed E-state index contributed by atoms with van der Waals surface area (Å²) in [7, 11) is 3.13. The van der Waals surface area contributed by atoms with E-state index in [-0.39, 0.29) is 18.2 Å². The molecule has 0 aromatic heterocycles. The molecule has 0 radical (unpaired) electrons. The summed E-state index contributed by atoms with van der Waals surface area (Å²) in [6.07, 6.45) is 1.96. The van der Waals surface area contributed by atoms with Crippen molar-refractivity contribution in [2.75, 3.05) is 32.3 Å². The fourth-order valence-corrected chi connectivity index (χ4v) is 4.46. The van der Waals surface area contributed by atoms with Gasteiger partial charge in [0.05, 0.1) is 37.8 Å². The second-order valence-electron chi connectivity index (χ2n) is 6.84. The van der Waals surface area contributed by atoms with Crippen LogP contribution < -0.4 is 24.4 Å². The number of fused-ring (bicyclic) bond motifs is 1. The van der Waals surface area contributed by atoms with Crippen LogP contribution in [0.5, 0.6) is 17.2 Å². The van der Waals surface area contributed by atoms with Gasteiger partial charge in [0.1, 0.15) is 16.7 Å². The molecule has 2 heterocycles. The summed E-state index contributed by atoms with van der Waals surface area (Å²) in [6, 6.07) is 11.0. The van der Waals surface area contributed by atoms with Crippen molar-refractivity contribution in [1.82, 2.24) is 5.32 Å². The molecule has 1 fully saturated rings. The van der Waals surface area contributed by atoms with Crippen molar-refractivity contribution in [3.05, 3.63) is 52.4 Å². The Morgan fingerprint density at radius 1 is 1.23 bits per heavy atom. The number of rotatable bonds is 5. The fraction of sp³-hybridized carbons (Fsp3) is 0.227. The van der Waals surface area contributed by atoms with Gasteiger partial charge in [0.2, 0.25) is 5.91 Å². The molecule has 0 saturated carbocycles. The van der Waals surface area contributed by atoms with Crippen molar-refractivity contribution in [1.29, 1.82) is 0 Å². The van der Waals surface area contributed by atoms with Crippen LogP contribution in [0.1, 0.15) is 11.1 Å². The molecule has 7 nitrogen and oxygen atoms in total. The van der Waals surface area contributed by atoms with Gasteiger partial charge in [0, 0.05) is 0 Å². The summed E-state index contributed by atoms with van der Waals surface area (Å²) in [5, 5.41) is 2.60. The van der Waals surface area contributed by atoms with Crippen molar-refractivity contribution < 1.29 is 23.8 Å². The lowest BCUT2D eigenvalue weighted by Crippen LogP contribution is -2.38. The molecule has 0 spiro atoms. The third-order valence-corrected chi connectivity index (χ3v) is 6.05. The van der Waals surface area contributed by atoms with Gasteiger partial charge < -0.3 is 24.4 Å². The standard InChI is InChI=1S/C22H20N2O5S2/c1-27-17-6-4-14(10-18(17)28-2)12-20(25)24-7-8-29-16-5-3-13(9-15(16)24)11-19-21(26)23-22(30)31-19/h3-6,9-11H,7-8,12H2,1-2H3,(H,23,26,30). The van der Waals surface area contributed by atoms with Gasteiger partial charge in [-0.1, -0.05) is 36.1 Å². The molecular weight excluding hydrogens is 436 g/mol. The summed E-state index contributed by atoms with van der Waals surface area (Å²) in [4.78, 5) is 27.3. The van der Waals surface area contributed by atoms with Crippen LogP contribution in [0.15, 0.2) is 41.3 Å². The quantitative estimate of drug-likeness (QED) is 0.547. The molecule has 0 aliphatic carbocycles. The number of amides is 2. The van der Waals surface area contributed by atoms with E-state index in [1.807, 2.05) is 24.3 Å². The lowest BCUT2D eigenvalue weighted by molar-refractivity contribution is -0.118. The Bertz CT molecular complexity index is 1100. The lowest BCUT2D eigenvalue weighted by Gasteiger charge is -2.30. The zero-order valence-corrected chi connectivity index (χ0v) is 18.6. The number of anilines is 1. The van der Waals surface area contributed by atoms with Crippen LogP contribution in [0.25, 0.3) is 6.08 Å². The second-order valence-corrected chi connectivity index (χ2v) is 8.56. The number of ether oxygens (including phenoxy) is 3. The summed E-state index contributed by atoms with van der Waals surface area (Å²) in [5.74, 6) is 1.55. The van der Waals surface area contributed by atoms with Gasteiger partial charge in [0.25, 0.3) is 5.91 Å². The maximum absolute atomic E-state index is 13.1. The van der Waals surface area contributed by atoms with E-state index in [4.69, 9.17) is 26.4 Å². The number of hydrogen-bond acceptors (Lipinski definition) is 7. The summed E-state index contributed by atoms with van der Waals surface area (Å²) < 4.78 is 16.8. The average molecular weight is 457 g/mol. The molecule has 2 amide bonds. The molecule has 0 atom stereocenters. The SMILES string of the molecule is COc1ccc(CC(=O)N2CCOc3ccc(C=C4SC(=S)NC4=O)cc32)cc1OC. The predicted octanol–water partition coefficient (Wildman–Crippen LogP) is 3.16. The van der Waals surface area contributed by atoms with Crippen molar-refractivity contribution in [3.63, 3.8) is 0 Å². The minimum Gasteiger partial charge on any atom is -0.493 e. The number of hydrogen-bond donors (Lipinski definition) is 1. The molecule has 160 valence electrons. The molecule has 9 heteroatoms. The lowest BCUT2D eigenvalue weighted by atomic mass is 10.1. The topological polar surface area (TPSA) is 77.1 Å². The molecule has 4 rings (SSSR count). The fourth-order valence-electron chi connectivity index (χ4n) is 3.42. The van der Waals surface area contributed by atoms with Gasteiger partial charge in [-0.25, -0.2) is 0 Å². The highest BCUT2D eigenvalue weighted by atomic mass is 32.2. The van der Waals surface area contributed by atoms with Crippen LogP contribution in [-0.4, -0.2) is 43.5 Å². The molecule has 0 bridgehead atoms. The van der Waals surface area contributed by atoms with Crippen LogP contribution in [0.4, 0.5) is 5.69 Å². The highest BCUT2D eigenvalue weighted by molar-refractivity contribution is 8.26. The van der Waals surface area contributed by atoms with Crippen LogP contribution in [0.2, 0.25) is 0 Å². The molecule has 0 unspecified atom stereocenters. The highest BCUT2D eigenvalue weighted by Crippen LogP contribution is 2.35. The summed E-state index contributed by atoms with van der Waals surface area (Å²) >= 11 is 6.26. The Balaban J connectivity index is 1.58. The first-order valence-electron chi connectivity index (χ1n) is 9.51. The van der Waals surface area contributed by atoms with E-state index in [2.05, 4.69) is 5.32 Å². The van der Waals surface area contributed by atoms with Crippen LogP contribution >= 0.6 is 24.0 Å². The van der Waals surface area contributed by atoms with Gasteiger partial charge in [-0.05, 0) is 41.5 Å². The molecule has 1 N–H and O–H groups in total. The van der Waals surface area contributed by atoms with Gasteiger partial charge in [-0.2, -0.15) is 0 Å². The number of carbonyl (C=O) groups excluding carboxylic acids is 2. The van der Waals surface area contributed by atoms with E-state index in [0.717, 1.165) is 11.1 Å². The Morgan fingerprint density at radius 2 is 2.03 bits per heavy atom. The van der Waals surface area contributed by atoms with Gasteiger partial charge in [-0.3, -0.25) is 9.59 Å². The number of carbonyl (C=O) groups is 2. The zero-order valence-electron chi connectivity index (χ0n) is 17.0. The molecular formula is C22H20N2O5S2. The van der Waals surface area contributed by atoms with Crippen molar-refractivity contribution in [2.45, 2.75) is 6.42 Å². The van der Waals surface area contributed by atoms with E-state index in [1.165, 1.54) is 11.8 Å². The van der Waals surface area contributed by atoms with E-state index in [0.29, 0.717) is 45.3 Å². The van der Waals surface area contributed by atoms with Crippen molar-refractivity contribution in [3.8, 4) is 17.2 Å². The van der Waals surface area contributed by atoms with Crippen LogP contribution in [-0.2, 0) is 16.0 Å². The monoisotopic (exact) mass is 456 g/mol. The van der Waals surface area contributed by atoms with E-state index in [9.17, 15) is 9.59 Å². The zero-order chi connectivity index (χ0) is 22.0. The van der Waals surface area contributed by atoms with E-state index >= 15 is 0 Å². The normalized spacial score (nSPS) is 16.6. The van der Waals surface area contributed by atoms with Crippen LogP contribution in [0, 0.1) is 0 Å². The number of thiocarbonyl (C=S) groups is 1. The van der Waals surface area contributed by atoms with Gasteiger partial charge in [-0.15, -0.1) is 0 Å². The highest BCUT2D eigenvalue weighted by Gasteiger charge is 2.26. The van der Waals surface area contributed by atoms with Crippen molar-refractivity contribution in [2.24, 2.45) is 0 Å². The Labute approximate surface area is 189 Å². The predicted molar refractivity (Wildman–Crippen MR) is 124 cm³/mol. The van der Waals surface area contributed by atoms with E-state index < -0.39 is 0 Å². The largest absolute Gasteiger partial charge is 0.493 e. The molecule has 2 aromatic rings. The third kappa shape index (κ3) is 4.52. The van der Waals surface area contributed by atoms with Crippen molar-refractivity contribution >= 4 is 51.9 Å². The number of methoxy groups -OCH3 is 2. The van der Waals surface area contributed by atoms with Gasteiger partial charge >= 0.3 is 0 Å². The Kier molecular flexibility index (Phi) is 6.15. The Morgan fingerprint density at radius 3 is 2.74 bits per heavy atom. The minimum absolute atomic E-state index is 0.0595. The summed E-state index contributed by atoms with van der Waals surface area (Å²) in [5.41, 5.74) is 2.29. The Hall–Kier alpha value is -3.04. The first kappa shape index (κ1) is 21.2. The maximum Gasteiger partial charge on any atom is 0.263 e. The maximum atomic E-state index is 13.1. The average Bonchev–Trinajstić information content (AvgIpc) is 3.09. The number of thioether (sulfide) groups is 1. The molecule has 31 heavy (non-hydrogen) atoms. The van der Waals surface area contributed by atoms with E-state index in [1.54, 1.807) is 37.3 Å². The molecule has 2 aliphatic heterocycles. The first-order chi connectivity index (χ1) is 15.0. The summed E-state index contributed by atoms with van der Waals surface area (Å²) in [6.45, 7) is 0.857. The number of nitrogens with zero attached hydrogens (tertiary/aromatic N) is 1. The number of nitrogens with one attached hydrogen (secondary N) is 1. The first-order valence-corrected chi connectivity index (χ1v) is 10.7. The minimum atomic E-state index is -0.217. The van der Waals surface area contributed by atoms with Crippen LogP contribution in [0.3, 0.4) is 0 Å². The third-order valence-electron chi connectivity index (χ3n) is 4.89. The van der Waals surface area contributed by atoms with Gasteiger partial charge in [0.15, 0.2) is 11.5 Å².